The second kappa shape index (κ2) is 8.89. The number of nitrogens with zero attached hydrogens (tertiary/aromatic N) is 4. The topological polar surface area (TPSA) is 105 Å². The van der Waals surface area contributed by atoms with Gasteiger partial charge in [-0.05, 0) is 44.7 Å². The maximum absolute atomic E-state index is 12.9. The Labute approximate surface area is 151 Å². The van der Waals surface area contributed by atoms with Gasteiger partial charge in [0.15, 0.2) is 6.29 Å². The lowest BCUT2D eigenvalue weighted by Crippen LogP contribution is -2.48. The lowest BCUT2D eigenvalue weighted by molar-refractivity contribution is -0.174. The summed E-state index contributed by atoms with van der Waals surface area (Å²) in [6.45, 7) is 6.80. The van der Waals surface area contributed by atoms with Crippen molar-refractivity contribution in [2.24, 2.45) is 5.11 Å². The van der Waals surface area contributed by atoms with Gasteiger partial charge in [0.1, 0.15) is 4.75 Å². The zero-order valence-electron chi connectivity index (χ0n) is 14.9. The van der Waals surface area contributed by atoms with E-state index < -0.39 is 28.4 Å². The Kier molecular flexibility index (Phi) is 7.13. The molecule has 0 bridgehead atoms. The summed E-state index contributed by atoms with van der Waals surface area (Å²) >= 11 is -1.21. The van der Waals surface area contributed by atoms with Crippen LogP contribution in [0.4, 0.5) is 0 Å². The number of ether oxygens (including phenoxy) is 1. The molecule has 8 heteroatoms. The van der Waals surface area contributed by atoms with Gasteiger partial charge in [-0.25, -0.2) is 0 Å². The number of hydrogen-bond donors (Lipinski definition) is 1. The molecule has 0 saturated carbocycles. The molecule has 1 N–H and O–H groups in total. The van der Waals surface area contributed by atoms with Gasteiger partial charge in [0.2, 0.25) is 0 Å². The molecule has 1 fully saturated rings. The molecule has 1 aliphatic rings. The van der Waals surface area contributed by atoms with Crippen molar-refractivity contribution in [1.82, 2.24) is 4.31 Å². The summed E-state index contributed by atoms with van der Waals surface area (Å²) in [4.78, 5) is 2.74. The third kappa shape index (κ3) is 5.88. The summed E-state index contributed by atoms with van der Waals surface area (Å²) in [5, 5.41) is 13.5. The van der Waals surface area contributed by atoms with E-state index in [-0.39, 0.29) is 6.10 Å². The first-order chi connectivity index (χ1) is 11.8. The summed E-state index contributed by atoms with van der Waals surface area (Å²) in [5.74, 6) is 0. The van der Waals surface area contributed by atoms with Crippen molar-refractivity contribution in [3.05, 3.63) is 46.3 Å². The second-order valence-electron chi connectivity index (χ2n) is 7.17. The van der Waals surface area contributed by atoms with Crippen LogP contribution in [-0.2, 0) is 22.6 Å². The lowest BCUT2D eigenvalue weighted by atomic mass is 10.0. The first-order valence-electron chi connectivity index (χ1n) is 8.40. The minimum Gasteiger partial charge on any atom is -0.597 e. The third-order valence-electron chi connectivity index (χ3n) is 4.01. The van der Waals surface area contributed by atoms with Crippen molar-refractivity contribution in [2.45, 2.75) is 63.3 Å². The van der Waals surface area contributed by atoms with Crippen LogP contribution in [-0.4, -0.2) is 43.7 Å². The van der Waals surface area contributed by atoms with E-state index in [0.29, 0.717) is 25.9 Å². The van der Waals surface area contributed by atoms with Crippen LogP contribution in [0.1, 0.15) is 39.2 Å². The fraction of sp³-hybridized carbons (Fsp3) is 0.647. The van der Waals surface area contributed by atoms with E-state index >= 15 is 0 Å². The first-order valence-corrected chi connectivity index (χ1v) is 9.50. The summed E-state index contributed by atoms with van der Waals surface area (Å²) in [7, 11) is 0. The Morgan fingerprint density at radius 3 is 2.60 bits per heavy atom. The summed E-state index contributed by atoms with van der Waals surface area (Å²) < 4.78 is 20.0. The molecule has 138 valence electrons. The van der Waals surface area contributed by atoms with Gasteiger partial charge in [0.05, 0.1) is 25.2 Å². The molecular weight excluding hydrogens is 340 g/mol. The minimum absolute atomic E-state index is 0.254. The van der Waals surface area contributed by atoms with Crippen LogP contribution in [0.25, 0.3) is 10.4 Å². The molecule has 1 unspecified atom stereocenters. The summed E-state index contributed by atoms with van der Waals surface area (Å²) in [5.41, 5.74) is 9.59. The smallest absolute Gasteiger partial charge is 0.163 e. The molecule has 0 amide bonds. The zero-order chi connectivity index (χ0) is 18.4. The average Bonchev–Trinajstić information content (AvgIpc) is 2.56. The fourth-order valence-electron chi connectivity index (χ4n) is 2.76. The Hall–Kier alpha value is -1.28. The van der Waals surface area contributed by atoms with E-state index in [1.807, 2.05) is 55.4 Å². The van der Waals surface area contributed by atoms with Gasteiger partial charge in [0.25, 0.3) is 0 Å². The number of azide groups is 1. The van der Waals surface area contributed by atoms with Gasteiger partial charge >= 0.3 is 0 Å². The van der Waals surface area contributed by atoms with E-state index in [4.69, 9.17) is 10.3 Å². The van der Waals surface area contributed by atoms with E-state index in [0.717, 1.165) is 5.56 Å². The van der Waals surface area contributed by atoms with Crippen LogP contribution in [0.2, 0.25) is 0 Å². The van der Waals surface area contributed by atoms with Gasteiger partial charge in [-0.1, -0.05) is 35.4 Å². The van der Waals surface area contributed by atoms with Gasteiger partial charge in [-0.2, -0.15) is 0 Å². The van der Waals surface area contributed by atoms with Crippen molar-refractivity contribution in [2.75, 3.05) is 6.54 Å². The summed E-state index contributed by atoms with van der Waals surface area (Å²) in [6.07, 6.45) is -0.170. The fourth-order valence-corrected chi connectivity index (χ4v) is 4.11. The standard InChI is InChI=1S/C17H26N4O3S/c1-17(2,3)25(23)21(11-13-7-5-4-6-8-13)12-14-9-10-15(19-20-18)16(22)24-14/h4-8,14-16,22H,9-12H2,1-3H3/t14-,15+,16+,25?/m0/s1. The molecular formula is C17H26N4O3S. The molecule has 7 nitrogen and oxygen atoms in total. The number of aliphatic hydroxyl groups is 1. The highest BCUT2D eigenvalue weighted by Crippen LogP contribution is 2.27. The number of rotatable bonds is 6. The molecule has 2 rings (SSSR count). The predicted octanol–water partition coefficient (Wildman–Crippen LogP) is 3.13. The maximum atomic E-state index is 12.9. The van der Waals surface area contributed by atoms with Crippen LogP contribution in [0, 0.1) is 0 Å². The molecule has 4 atom stereocenters. The molecule has 25 heavy (non-hydrogen) atoms. The van der Waals surface area contributed by atoms with Crippen molar-refractivity contribution in [3.8, 4) is 0 Å². The molecule has 1 aromatic rings. The Balaban J connectivity index is 2.07. The number of hydrogen-bond acceptors (Lipinski definition) is 5. The monoisotopic (exact) mass is 366 g/mol. The van der Waals surface area contributed by atoms with Gasteiger partial charge in [0, 0.05) is 16.3 Å². The first kappa shape index (κ1) is 20.0. The minimum atomic E-state index is -1.21. The van der Waals surface area contributed by atoms with Gasteiger partial charge in [-0.15, -0.1) is 4.31 Å². The van der Waals surface area contributed by atoms with Gasteiger partial charge in [-0.3, -0.25) is 0 Å². The Bertz CT molecular complexity index is 589. The molecule has 1 heterocycles. The lowest BCUT2D eigenvalue weighted by Gasteiger charge is -2.37. The molecule has 0 radical (unpaired) electrons. The third-order valence-corrected chi connectivity index (χ3v) is 5.81. The maximum Gasteiger partial charge on any atom is 0.163 e. The molecule has 1 aromatic carbocycles. The zero-order valence-corrected chi connectivity index (χ0v) is 15.7. The number of benzene rings is 1. The average molecular weight is 366 g/mol. The van der Waals surface area contributed by atoms with Crippen LogP contribution in [0.3, 0.4) is 0 Å². The van der Waals surface area contributed by atoms with Crippen molar-refractivity contribution >= 4 is 11.4 Å². The molecule has 0 aliphatic carbocycles. The normalized spacial score (nSPS) is 25.4. The predicted molar refractivity (Wildman–Crippen MR) is 97.8 cm³/mol. The Morgan fingerprint density at radius 1 is 1.36 bits per heavy atom. The van der Waals surface area contributed by atoms with Gasteiger partial charge < -0.3 is 14.4 Å². The SMILES string of the molecule is CC(C)(C)[S+]([O-])N(Cc1ccccc1)C[C@@H]1CC[C@@H](N=[N+]=[N-])[C@H](O)O1. The highest BCUT2D eigenvalue weighted by Gasteiger charge is 2.37. The highest BCUT2D eigenvalue weighted by atomic mass is 32.2. The van der Waals surface area contributed by atoms with E-state index in [1.165, 1.54) is 0 Å². The van der Waals surface area contributed by atoms with Crippen molar-refractivity contribution in [3.63, 3.8) is 0 Å². The van der Waals surface area contributed by atoms with E-state index in [2.05, 4.69) is 10.0 Å². The van der Waals surface area contributed by atoms with Crippen LogP contribution >= 0.6 is 0 Å². The van der Waals surface area contributed by atoms with E-state index in [9.17, 15) is 9.66 Å². The van der Waals surface area contributed by atoms with Crippen LogP contribution < -0.4 is 0 Å². The largest absolute Gasteiger partial charge is 0.597 e. The Morgan fingerprint density at radius 2 is 2.04 bits per heavy atom. The molecule has 1 aliphatic heterocycles. The van der Waals surface area contributed by atoms with Crippen LogP contribution in [0.15, 0.2) is 35.4 Å². The van der Waals surface area contributed by atoms with Crippen molar-refractivity contribution < 1.29 is 14.4 Å². The van der Waals surface area contributed by atoms with Crippen molar-refractivity contribution in [1.29, 1.82) is 0 Å². The van der Waals surface area contributed by atoms with Crippen LogP contribution in [0.5, 0.6) is 0 Å². The molecule has 0 aromatic heterocycles. The number of aliphatic hydroxyl groups excluding tert-OH is 1. The van der Waals surface area contributed by atoms with E-state index in [1.54, 1.807) is 0 Å². The molecule has 1 saturated heterocycles. The molecule has 0 spiro atoms. The summed E-state index contributed by atoms with van der Waals surface area (Å²) in [6, 6.07) is 9.31. The highest BCUT2D eigenvalue weighted by molar-refractivity contribution is 7.90. The second-order valence-corrected chi connectivity index (χ2v) is 9.41. The quantitative estimate of drug-likeness (QED) is 0.361.